The van der Waals surface area contributed by atoms with Crippen molar-refractivity contribution in [1.82, 2.24) is 9.97 Å². The second-order valence-electron chi connectivity index (χ2n) is 3.42. The van der Waals surface area contributed by atoms with Crippen LogP contribution < -0.4 is 5.73 Å². The molecule has 1 aromatic carbocycles. The van der Waals surface area contributed by atoms with E-state index in [4.69, 9.17) is 5.73 Å². The first-order valence-electron chi connectivity index (χ1n) is 4.96. The van der Waals surface area contributed by atoms with Crippen molar-refractivity contribution in [3.05, 3.63) is 58.0 Å². The SMILES string of the molecule is Nc1nc(C(=O)c2ccccc2)ncc1[N+](=O)[O-]. The van der Waals surface area contributed by atoms with Crippen molar-refractivity contribution in [3.8, 4) is 0 Å². The maximum absolute atomic E-state index is 11.9. The van der Waals surface area contributed by atoms with Crippen molar-refractivity contribution in [1.29, 1.82) is 0 Å². The molecule has 2 aromatic rings. The molecule has 0 amide bonds. The van der Waals surface area contributed by atoms with Crippen molar-refractivity contribution < 1.29 is 9.72 Å². The minimum absolute atomic E-state index is 0.163. The second kappa shape index (κ2) is 4.58. The maximum atomic E-state index is 11.9. The van der Waals surface area contributed by atoms with Crippen LogP contribution in [0, 0.1) is 10.1 Å². The smallest absolute Gasteiger partial charge is 0.329 e. The summed E-state index contributed by atoms with van der Waals surface area (Å²) in [6.45, 7) is 0. The lowest BCUT2D eigenvalue weighted by Crippen LogP contribution is -2.10. The predicted octanol–water partition coefficient (Wildman–Crippen LogP) is 1.20. The van der Waals surface area contributed by atoms with E-state index in [0.29, 0.717) is 5.56 Å². The molecule has 0 unspecified atom stereocenters. The molecule has 0 saturated heterocycles. The molecule has 7 heteroatoms. The maximum Gasteiger partial charge on any atom is 0.329 e. The van der Waals surface area contributed by atoms with Gasteiger partial charge >= 0.3 is 5.69 Å². The summed E-state index contributed by atoms with van der Waals surface area (Å²) in [5.41, 5.74) is 5.37. The van der Waals surface area contributed by atoms with Gasteiger partial charge in [-0.25, -0.2) is 9.97 Å². The fraction of sp³-hybridized carbons (Fsp3) is 0. The fourth-order valence-electron chi connectivity index (χ4n) is 1.36. The molecule has 2 rings (SSSR count). The Hall–Kier alpha value is -2.83. The zero-order valence-electron chi connectivity index (χ0n) is 9.11. The molecule has 0 aliphatic rings. The molecule has 0 bridgehead atoms. The standard InChI is InChI=1S/C11H8N4O3/c12-10-8(15(17)18)6-13-11(14-10)9(16)7-4-2-1-3-5-7/h1-6H,(H2,12,13,14). The number of carbonyl (C=O) groups is 1. The number of hydrogen-bond donors (Lipinski definition) is 1. The molecule has 90 valence electrons. The largest absolute Gasteiger partial charge is 0.378 e. The highest BCUT2D eigenvalue weighted by Crippen LogP contribution is 2.17. The minimum atomic E-state index is -0.702. The monoisotopic (exact) mass is 244 g/mol. The molecule has 0 atom stereocenters. The van der Waals surface area contributed by atoms with Crippen LogP contribution in [0.2, 0.25) is 0 Å². The molecule has 1 aromatic heterocycles. The Morgan fingerprint density at radius 2 is 1.94 bits per heavy atom. The van der Waals surface area contributed by atoms with Gasteiger partial charge < -0.3 is 5.73 Å². The number of nitrogen functional groups attached to an aromatic ring is 1. The average Bonchev–Trinajstić information content (AvgIpc) is 2.38. The highest BCUT2D eigenvalue weighted by Gasteiger charge is 2.18. The summed E-state index contributed by atoms with van der Waals surface area (Å²) in [7, 11) is 0. The molecule has 0 saturated carbocycles. The van der Waals surface area contributed by atoms with Gasteiger partial charge in [-0.3, -0.25) is 14.9 Å². The summed E-state index contributed by atoms with van der Waals surface area (Å²) in [6, 6.07) is 8.36. The lowest BCUT2D eigenvalue weighted by molar-refractivity contribution is -0.384. The van der Waals surface area contributed by atoms with Gasteiger partial charge in [-0.15, -0.1) is 0 Å². The summed E-state index contributed by atoms with van der Waals surface area (Å²) in [6.07, 6.45) is 0.929. The van der Waals surface area contributed by atoms with Crippen LogP contribution in [0.4, 0.5) is 11.5 Å². The van der Waals surface area contributed by atoms with Crippen LogP contribution in [-0.4, -0.2) is 20.7 Å². The van der Waals surface area contributed by atoms with E-state index in [1.54, 1.807) is 30.3 Å². The number of nitro groups is 1. The van der Waals surface area contributed by atoms with Crippen LogP contribution in [0.25, 0.3) is 0 Å². The van der Waals surface area contributed by atoms with Crippen LogP contribution in [0.15, 0.2) is 36.5 Å². The Bertz CT molecular complexity index is 613. The van der Waals surface area contributed by atoms with Gasteiger partial charge in [-0.2, -0.15) is 0 Å². The zero-order chi connectivity index (χ0) is 13.1. The second-order valence-corrected chi connectivity index (χ2v) is 3.42. The summed E-state index contributed by atoms with van der Waals surface area (Å²) in [5.74, 6) is -0.921. The van der Waals surface area contributed by atoms with E-state index < -0.39 is 16.4 Å². The van der Waals surface area contributed by atoms with E-state index in [-0.39, 0.29) is 11.6 Å². The van der Waals surface area contributed by atoms with Crippen LogP contribution in [0.5, 0.6) is 0 Å². The third kappa shape index (κ3) is 2.14. The highest BCUT2D eigenvalue weighted by atomic mass is 16.6. The number of carbonyl (C=O) groups excluding carboxylic acids is 1. The van der Waals surface area contributed by atoms with Crippen LogP contribution in [-0.2, 0) is 0 Å². The van der Waals surface area contributed by atoms with Crippen LogP contribution in [0.3, 0.4) is 0 Å². The Balaban J connectivity index is 2.39. The van der Waals surface area contributed by atoms with Crippen molar-refractivity contribution in [2.24, 2.45) is 0 Å². The Labute approximate surface area is 101 Å². The van der Waals surface area contributed by atoms with E-state index in [0.717, 1.165) is 6.20 Å². The first-order chi connectivity index (χ1) is 8.59. The van der Waals surface area contributed by atoms with Crippen molar-refractivity contribution in [2.75, 3.05) is 5.73 Å². The lowest BCUT2D eigenvalue weighted by Gasteiger charge is -2.00. The summed E-state index contributed by atoms with van der Waals surface area (Å²) < 4.78 is 0. The fourth-order valence-corrected chi connectivity index (χ4v) is 1.36. The Morgan fingerprint density at radius 1 is 1.28 bits per heavy atom. The topological polar surface area (TPSA) is 112 Å². The molecule has 0 aliphatic carbocycles. The van der Waals surface area contributed by atoms with Gasteiger partial charge in [0, 0.05) is 5.56 Å². The highest BCUT2D eigenvalue weighted by molar-refractivity contribution is 6.06. The number of benzene rings is 1. The van der Waals surface area contributed by atoms with Gasteiger partial charge in [0.2, 0.25) is 17.4 Å². The number of hydrogen-bond acceptors (Lipinski definition) is 6. The first-order valence-corrected chi connectivity index (χ1v) is 4.96. The van der Waals surface area contributed by atoms with Gasteiger partial charge in [0.05, 0.1) is 4.92 Å². The normalized spacial score (nSPS) is 10.0. The molecule has 7 nitrogen and oxygen atoms in total. The quantitative estimate of drug-likeness (QED) is 0.493. The average molecular weight is 244 g/mol. The molecular weight excluding hydrogens is 236 g/mol. The number of ketones is 1. The lowest BCUT2D eigenvalue weighted by atomic mass is 10.1. The van der Waals surface area contributed by atoms with E-state index in [9.17, 15) is 14.9 Å². The molecule has 0 fully saturated rings. The first kappa shape index (κ1) is 11.6. The van der Waals surface area contributed by atoms with E-state index >= 15 is 0 Å². The van der Waals surface area contributed by atoms with Gasteiger partial charge in [0.15, 0.2) is 0 Å². The summed E-state index contributed by atoms with van der Waals surface area (Å²) in [4.78, 5) is 29.1. The minimum Gasteiger partial charge on any atom is -0.378 e. The Kier molecular flexibility index (Phi) is 2.96. The van der Waals surface area contributed by atoms with Crippen LogP contribution in [0.1, 0.15) is 16.2 Å². The molecule has 0 radical (unpaired) electrons. The summed E-state index contributed by atoms with van der Waals surface area (Å²) in [5, 5.41) is 10.5. The molecule has 1 heterocycles. The number of anilines is 1. The summed E-state index contributed by atoms with van der Waals surface area (Å²) >= 11 is 0. The van der Waals surface area contributed by atoms with Gasteiger partial charge in [0.1, 0.15) is 6.20 Å². The third-order valence-corrected chi connectivity index (χ3v) is 2.23. The number of aromatic nitrogens is 2. The number of nitrogens with two attached hydrogens (primary N) is 1. The van der Waals surface area contributed by atoms with Crippen molar-refractivity contribution in [3.63, 3.8) is 0 Å². The molecule has 0 aliphatic heterocycles. The van der Waals surface area contributed by atoms with E-state index in [1.807, 2.05) is 0 Å². The molecular formula is C11H8N4O3. The van der Waals surface area contributed by atoms with Crippen molar-refractivity contribution >= 4 is 17.3 Å². The molecule has 2 N–H and O–H groups in total. The third-order valence-electron chi connectivity index (χ3n) is 2.23. The van der Waals surface area contributed by atoms with Crippen LogP contribution >= 0.6 is 0 Å². The van der Waals surface area contributed by atoms with Gasteiger partial charge in [-0.1, -0.05) is 30.3 Å². The van der Waals surface area contributed by atoms with Gasteiger partial charge in [0.25, 0.3) is 0 Å². The van der Waals surface area contributed by atoms with E-state index in [1.165, 1.54) is 0 Å². The van der Waals surface area contributed by atoms with Gasteiger partial charge in [-0.05, 0) is 0 Å². The Morgan fingerprint density at radius 3 is 2.50 bits per heavy atom. The van der Waals surface area contributed by atoms with E-state index in [2.05, 4.69) is 9.97 Å². The number of rotatable bonds is 3. The van der Waals surface area contributed by atoms with Crippen molar-refractivity contribution in [2.45, 2.75) is 0 Å². The zero-order valence-corrected chi connectivity index (χ0v) is 9.11. The molecule has 0 spiro atoms. The predicted molar refractivity (Wildman–Crippen MR) is 63.0 cm³/mol. The number of nitrogens with zero attached hydrogens (tertiary/aromatic N) is 3. The molecule has 18 heavy (non-hydrogen) atoms.